The smallest absolute Gasteiger partial charge is 0.319 e. The maximum absolute atomic E-state index is 12.1. The number of para-hydroxylation sites is 1. The maximum Gasteiger partial charge on any atom is 0.319 e. The Balaban J connectivity index is 1.64. The Morgan fingerprint density at radius 1 is 1.20 bits per heavy atom. The van der Waals surface area contributed by atoms with Gasteiger partial charge in [-0.2, -0.15) is 0 Å². The fourth-order valence-electron chi connectivity index (χ4n) is 2.32. The molecule has 1 aromatic carbocycles. The number of hydrogen-bond donors (Lipinski definition) is 2. The second-order valence-electron chi connectivity index (χ2n) is 5.57. The number of anilines is 1. The lowest BCUT2D eigenvalue weighted by Gasteiger charge is -2.28. The van der Waals surface area contributed by atoms with Gasteiger partial charge in [0.1, 0.15) is 0 Å². The molecule has 8 nitrogen and oxygen atoms in total. The molecular weight excluding hydrogens is 326 g/mol. The summed E-state index contributed by atoms with van der Waals surface area (Å²) in [6, 6.07) is 8.56. The molecule has 25 heavy (non-hydrogen) atoms. The van der Waals surface area contributed by atoms with E-state index in [2.05, 4.69) is 10.6 Å². The van der Waals surface area contributed by atoms with Crippen LogP contribution in [0.2, 0.25) is 0 Å². The molecule has 0 unspecified atom stereocenters. The highest BCUT2D eigenvalue weighted by atomic mass is 16.5. The summed E-state index contributed by atoms with van der Waals surface area (Å²) in [4.78, 5) is 37.2. The van der Waals surface area contributed by atoms with Crippen molar-refractivity contribution in [2.24, 2.45) is 0 Å². The number of esters is 1. The van der Waals surface area contributed by atoms with E-state index in [-0.39, 0.29) is 18.9 Å². The summed E-state index contributed by atoms with van der Waals surface area (Å²) in [5.74, 6) is -0.763. The average Bonchev–Trinajstić information content (AvgIpc) is 2.62. The van der Waals surface area contributed by atoms with Gasteiger partial charge in [0.15, 0.2) is 6.10 Å². The van der Waals surface area contributed by atoms with Gasteiger partial charge in [-0.3, -0.25) is 9.59 Å². The van der Waals surface area contributed by atoms with E-state index in [1.165, 1.54) is 0 Å². The predicted octanol–water partition coefficient (Wildman–Crippen LogP) is 0.989. The molecule has 2 rings (SSSR count). The van der Waals surface area contributed by atoms with Gasteiger partial charge in [-0.15, -0.1) is 0 Å². The lowest BCUT2D eigenvalue weighted by atomic mass is 10.3. The molecule has 1 heterocycles. The number of carbonyl (C=O) groups excluding carboxylic acids is 3. The number of hydrogen-bond acceptors (Lipinski definition) is 5. The average molecular weight is 349 g/mol. The SMILES string of the molecule is C[C@@H](OC(=O)CCNC(=O)Nc1ccccc1)C(=O)N1CCOCC1. The molecule has 1 fully saturated rings. The molecule has 1 aliphatic rings. The van der Waals surface area contributed by atoms with Crippen molar-refractivity contribution in [1.29, 1.82) is 0 Å². The first-order chi connectivity index (χ1) is 12.1. The van der Waals surface area contributed by atoms with Crippen LogP contribution in [0.25, 0.3) is 0 Å². The summed E-state index contributed by atoms with van der Waals surface area (Å²) < 4.78 is 10.3. The first-order valence-electron chi connectivity index (χ1n) is 8.22. The van der Waals surface area contributed by atoms with Crippen LogP contribution in [-0.4, -0.2) is 61.8 Å². The van der Waals surface area contributed by atoms with E-state index in [4.69, 9.17) is 9.47 Å². The lowest BCUT2D eigenvalue weighted by molar-refractivity contribution is -0.160. The minimum Gasteiger partial charge on any atom is -0.452 e. The topological polar surface area (TPSA) is 97.0 Å². The molecule has 2 N–H and O–H groups in total. The standard InChI is InChI=1S/C17H23N3O5/c1-13(16(22)20-9-11-24-12-10-20)25-15(21)7-8-18-17(23)19-14-5-3-2-4-6-14/h2-6,13H,7-12H2,1H3,(H2,18,19,23)/t13-/m1/s1. The van der Waals surface area contributed by atoms with Gasteiger partial charge in [0.25, 0.3) is 5.91 Å². The van der Waals surface area contributed by atoms with Crippen LogP contribution >= 0.6 is 0 Å². The minimum atomic E-state index is -0.844. The molecule has 3 amide bonds. The van der Waals surface area contributed by atoms with Crippen molar-refractivity contribution in [2.75, 3.05) is 38.2 Å². The zero-order chi connectivity index (χ0) is 18.1. The Bertz CT molecular complexity index is 587. The van der Waals surface area contributed by atoms with Crippen molar-refractivity contribution in [2.45, 2.75) is 19.4 Å². The zero-order valence-corrected chi connectivity index (χ0v) is 14.2. The summed E-state index contributed by atoms with van der Waals surface area (Å²) in [5.41, 5.74) is 0.660. The van der Waals surface area contributed by atoms with Crippen molar-refractivity contribution >= 4 is 23.6 Å². The molecule has 0 aliphatic carbocycles. The van der Waals surface area contributed by atoms with Gasteiger partial charge in [0, 0.05) is 25.3 Å². The predicted molar refractivity (Wildman–Crippen MR) is 91.0 cm³/mol. The second kappa shape index (κ2) is 9.63. The van der Waals surface area contributed by atoms with Crippen molar-refractivity contribution in [3.8, 4) is 0 Å². The van der Waals surface area contributed by atoms with E-state index in [0.29, 0.717) is 32.0 Å². The number of nitrogens with zero attached hydrogens (tertiary/aromatic N) is 1. The third-order valence-electron chi connectivity index (χ3n) is 3.63. The van der Waals surface area contributed by atoms with Crippen molar-refractivity contribution in [3.05, 3.63) is 30.3 Å². The number of carbonyl (C=O) groups is 3. The Labute approximate surface area is 146 Å². The first kappa shape index (κ1) is 18.7. The van der Waals surface area contributed by atoms with Crippen LogP contribution in [0.4, 0.5) is 10.5 Å². The normalized spacial score (nSPS) is 15.2. The van der Waals surface area contributed by atoms with Crippen molar-refractivity contribution in [1.82, 2.24) is 10.2 Å². The van der Waals surface area contributed by atoms with Crippen LogP contribution < -0.4 is 10.6 Å². The summed E-state index contributed by atoms with van der Waals surface area (Å²) in [6.07, 6.45) is -0.855. The Hall–Kier alpha value is -2.61. The van der Waals surface area contributed by atoms with E-state index in [1.807, 2.05) is 6.07 Å². The van der Waals surface area contributed by atoms with Crippen molar-refractivity contribution < 1.29 is 23.9 Å². The molecule has 0 radical (unpaired) electrons. The Morgan fingerprint density at radius 2 is 1.88 bits per heavy atom. The van der Waals surface area contributed by atoms with Crippen LogP contribution in [0.5, 0.6) is 0 Å². The number of nitrogens with one attached hydrogen (secondary N) is 2. The van der Waals surface area contributed by atoms with Gasteiger partial charge in [-0.25, -0.2) is 4.79 Å². The number of morpholine rings is 1. The van der Waals surface area contributed by atoms with Gasteiger partial charge in [0.2, 0.25) is 0 Å². The molecule has 1 aromatic rings. The second-order valence-corrected chi connectivity index (χ2v) is 5.57. The molecule has 0 saturated carbocycles. The number of urea groups is 1. The molecule has 1 saturated heterocycles. The van der Waals surface area contributed by atoms with Crippen LogP contribution in [-0.2, 0) is 19.1 Å². The largest absolute Gasteiger partial charge is 0.452 e. The third kappa shape index (κ3) is 6.42. The summed E-state index contributed by atoms with van der Waals surface area (Å²) >= 11 is 0. The van der Waals surface area contributed by atoms with Gasteiger partial charge in [-0.05, 0) is 19.1 Å². The number of benzene rings is 1. The monoisotopic (exact) mass is 349 g/mol. The van der Waals surface area contributed by atoms with Crippen LogP contribution in [0.1, 0.15) is 13.3 Å². The lowest BCUT2D eigenvalue weighted by Crippen LogP contribution is -2.46. The zero-order valence-electron chi connectivity index (χ0n) is 14.2. The summed E-state index contributed by atoms with van der Waals surface area (Å²) in [5, 5.41) is 5.21. The number of rotatable bonds is 6. The molecule has 0 aromatic heterocycles. The molecule has 136 valence electrons. The summed E-state index contributed by atoms with van der Waals surface area (Å²) in [6.45, 7) is 3.66. The van der Waals surface area contributed by atoms with E-state index < -0.39 is 18.1 Å². The fourth-order valence-corrected chi connectivity index (χ4v) is 2.32. The van der Waals surface area contributed by atoms with Crippen molar-refractivity contribution in [3.63, 3.8) is 0 Å². The Kier molecular flexibility index (Phi) is 7.21. The summed E-state index contributed by atoms with van der Waals surface area (Å²) in [7, 11) is 0. The quantitative estimate of drug-likeness (QED) is 0.747. The van der Waals surface area contributed by atoms with E-state index in [0.717, 1.165) is 0 Å². The highest BCUT2D eigenvalue weighted by molar-refractivity contribution is 5.89. The number of ether oxygens (including phenoxy) is 2. The molecule has 8 heteroatoms. The van der Waals surface area contributed by atoms with E-state index >= 15 is 0 Å². The highest BCUT2D eigenvalue weighted by Gasteiger charge is 2.25. The van der Waals surface area contributed by atoms with Crippen LogP contribution in [0, 0.1) is 0 Å². The number of amides is 3. The van der Waals surface area contributed by atoms with E-state index in [1.54, 1.807) is 36.1 Å². The van der Waals surface area contributed by atoms with Gasteiger partial charge >= 0.3 is 12.0 Å². The van der Waals surface area contributed by atoms with Crippen LogP contribution in [0.15, 0.2) is 30.3 Å². The minimum absolute atomic E-state index is 0.0110. The first-order valence-corrected chi connectivity index (χ1v) is 8.22. The van der Waals surface area contributed by atoms with Gasteiger partial charge < -0.3 is 25.0 Å². The van der Waals surface area contributed by atoms with E-state index in [9.17, 15) is 14.4 Å². The fraction of sp³-hybridized carbons (Fsp3) is 0.471. The highest BCUT2D eigenvalue weighted by Crippen LogP contribution is 2.05. The van der Waals surface area contributed by atoms with Crippen LogP contribution in [0.3, 0.4) is 0 Å². The molecule has 0 spiro atoms. The molecular formula is C17H23N3O5. The molecule has 0 bridgehead atoms. The van der Waals surface area contributed by atoms with Gasteiger partial charge in [-0.1, -0.05) is 18.2 Å². The van der Waals surface area contributed by atoms with Gasteiger partial charge in [0.05, 0.1) is 19.6 Å². The maximum atomic E-state index is 12.1. The molecule has 1 atom stereocenters. The third-order valence-corrected chi connectivity index (χ3v) is 3.63. The Morgan fingerprint density at radius 3 is 2.56 bits per heavy atom. The molecule has 1 aliphatic heterocycles.